The van der Waals surface area contributed by atoms with E-state index in [0.29, 0.717) is 12.6 Å². The summed E-state index contributed by atoms with van der Waals surface area (Å²) < 4.78 is 5.22. The molecule has 0 spiro atoms. The topological polar surface area (TPSA) is 55.5 Å². The molecule has 1 aromatic carbocycles. The standard InChI is InChI=1S/C15H19N3O2/c1-20-13-8-4-5-11(9-13)17-15-16-10-14(19)18(15)12-6-2-3-7-12/h4-5,8-9,12H,2-3,6-7,10H2,1H3,(H,16,17)/p+1. The van der Waals surface area contributed by atoms with E-state index in [9.17, 15) is 4.79 Å². The summed E-state index contributed by atoms with van der Waals surface area (Å²) in [4.78, 5) is 17.1. The molecular weight excluding hydrogens is 254 g/mol. The maximum absolute atomic E-state index is 12.1. The van der Waals surface area contributed by atoms with Gasteiger partial charge in [0, 0.05) is 6.07 Å². The van der Waals surface area contributed by atoms with E-state index in [-0.39, 0.29) is 5.91 Å². The molecule has 5 nitrogen and oxygen atoms in total. The Bertz CT molecular complexity index is 536. The Morgan fingerprint density at radius 3 is 2.90 bits per heavy atom. The Morgan fingerprint density at radius 1 is 1.35 bits per heavy atom. The molecule has 1 heterocycles. The van der Waals surface area contributed by atoms with Gasteiger partial charge in [0.15, 0.2) is 6.54 Å². The van der Waals surface area contributed by atoms with Gasteiger partial charge in [0.2, 0.25) is 0 Å². The van der Waals surface area contributed by atoms with Gasteiger partial charge in [0.05, 0.1) is 13.2 Å². The van der Waals surface area contributed by atoms with Crippen molar-refractivity contribution in [2.24, 2.45) is 0 Å². The summed E-state index contributed by atoms with van der Waals surface area (Å²) in [6.07, 6.45) is 4.61. The summed E-state index contributed by atoms with van der Waals surface area (Å²) in [5, 5.41) is 3.30. The molecule has 5 heteroatoms. The zero-order valence-electron chi connectivity index (χ0n) is 11.7. The monoisotopic (exact) mass is 274 g/mol. The molecule has 0 aromatic heterocycles. The van der Waals surface area contributed by atoms with Crippen LogP contribution >= 0.6 is 0 Å². The van der Waals surface area contributed by atoms with Gasteiger partial charge in [-0.05, 0) is 37.8 Å². The summed E-state index contributed by atoms with van der Waals surface area (Å²) >= 11 is 0. The van der Waals surface area contributed by atoms with Crippen molar-refractivity contribution in [3.63, 3.8) is 0 Å². The molecule has 2 N–H and O–H groups in total. The second kappa shape index (κ2) is 5.53. The van der Waals surface area contributed by atoms with E-state index in [1.165, 1.54) is 12.8 Å². The molecule has 1 saturated carbocycles. The van der Waals surface area contributed by atoms with Crippen LogP contribution in [0, 0.1) is 0 Å². The van der Waals surface area contributed by atoms with Gasteiger partial charge in [-0.3, -0.25) is 9.79 Å². The van der Waals surface area contributed by atoms with Crippen LogP contribution in [-0.4, -0.2) is 36.5 Å². The molecule has 1 aliphatic heterocycles. The number of carbonyl (C=O) groups is 1. The lowest BCUT2D eigenvalue weighted by molar-refractivity contribution is -0.438. The molecule has 3 rings (SSSR count). The second-order valence-electron chi connectivity index (χ2n) is 5.26. The summed E-state index contributed by atoms with van der Waals surface area (Å²) in [5.74, 6) is 1.75. The zero-order valence-corrected chi connectivity index (χ0v) is 11.7. The molecule has 1 aliphatic carbocycles. The molecule has 0 bridgehead atoms. The SMILES string of the molecule is COc1cccc(NC2=[NH+]CC(=O)N2C2CCCC2)c1. The van der Waals surface area contributed by atoms with Crippen molar-refractivity contribution in [2.45, 2.75) is 31.7 Å². The number of nitrogens with zero attached hydrogens (tertiary/aromatic N) is 1. The Labute approximate surface area is 118 Å². The Hall–Kier alpha value is -2.04. The molecule has 0 unspecified atom stereocenters. The van der Waals surface area contributed by atoms with Gasteiger partial charge in [-0.15, -0.1) is 0 Å². The first-order chi connectivity index (χ1) is 9.78. The number of guanidine groups is 1. The number of benzene rings is 1. The highest BCUT2D eigenvalue weighted by molar-refractivity contribution is 6.04. The van der Waals surface area contributed by atoms with Crippen LogP contribution in [-0.2, 0) is 4.79 Å². The van der Waals surface area contributed by atoms with Crippen molar-refractivity contribution in [2.75, 3.05) is 19.0 Å². The van der Waals surface area contributed by atoms with Gasteiger partial charge in [-0.25, -0.2) is 5.32 Å². The van der Waals surface area contributed by atoms with Gasteiger partial charge in [-0.1, -0.05) is 6.07 Å². The largest absolute Gasteiger partial charge is 0.497 e. The molecule has 1 amide bonds. The van der Waals surface area contributed by atoms with Crippen molar-refractivity contribution in [1.29, 1.82) is 0 Å². The van der Waals surface area contributed by atoms with E-state index in [1.807, 2.05) is 29.2 Å². The molecule has 0 atom stereocenters. The molecular formula is C15H20N3O2+. The van der Waals surface area contributed by atoms with Crippen molar-refractivity contribution >= 4 is 17.6 Å². The third kappa shape index (κ3) is 2.48. The summed E-state index contributed by atoms with van der Waals surface area (Å²) in [6, 6.07) is 8.05. The van der Waals surface area contributed by atoms with Crippen LogP contribution < -0.4 is 15.0 Å². The maximum Gasteiger partial charge on any atom is 0.358 e. The summed E-state index contributed by atoms with van der Waals surface area (Å²) in [6.45, 7) is 0.378. The third-order valence-electron chi connectivity index (χ3n) is 3.94. The van der Waals surface area contributed by atoms with Gasteiger partial charge in [-0.2, -0.15) is 4.90 Å². The molecule has 0 radical (unpaired) electrons. The fourth-order valence-corrected chi connectivity index (χ4v) is 2.95. The molecule has 20 heavy (non-hydrogen) atoms. The molecule has 0 saturated heterocycles. The average Bonchev–Trinajstić information content (AvgIpc) is 3.09. The predicted octanol–water partition coefficient (Wildman–Crippen LogP) is 0.329. The number of nitrogens with one attached hydrogen (secondary N) is 2. The molecule has 1 fully saturated rings. The highest BCUT2D eigenvalue weighted by Gasteiger charge is 2.40. The smallest absolute Gasteiger partial charge is 0.358 e. The quantitative estimate of drug-likeness (QED) is 0.835. The van der Waals surface area contributed by atoms with Crippen LogP contribution in [0.2, 0.25) is 0 Å². The van der Waals surface area contributed by atoms with Crippen LogP contribution in [0.15, 0.2) is 24.3 Å². The van der Waals surface area contributed by atoms with Gasteiger partial charge < -0.3 is 4.74 Å². The van der Waals surface area contributed by atoms with Crippen molar-refractivity contribution < 1.29 is 14.5 Å². The highest BCUT2D eigenvalue weighted by atomic mass is 16.5. The lowest BCUT2D eigenvalue weighted by Crippen LogP contribution is -2.73. The van der Waals surface area contributed by atoms with E-state index < -0.39 is 0 Å². The molecule has 106 valence electrons. The first-order valence-corrected chi connectivity index (χ1v) is 7.12. The van der Waals surface area contributed by atoms with Gasteiger partial charge >= 0.3 is 11.9 Å². The zero-order chi connectivity index (χ0) is 13.9. The number of hydrogen-bond acceptors (Lipinski definition) is 3. The Balaban J connectivity index is 1.76. The van der Waals surface area contributed by atoms with Crippen LogP contribution in [0.25, 0.3) is 0 Å². The highest BCUT2D eigenvalue weighted by Crippen LogP contribution is 2.24. The first-order valence-electron chi connectivity index (χ1n) is 7.12. The lowest BCUT2D eigenvalue weighted by atomic mass is 10.2. The summed E-state index contributed by atoms with van der Waals surface area (Å²) in [7, 11) is 1.65. The number of methoxy groups -OCH3 is 1. The number of amides is 1. The normalized spacial score (nSPS) is 19.4. The first kappa shape index (κ1) is 13.0. The van der Waals surface area contributed by atoms with Crippen molar-refractivity contribution in [3.8, 4) is 5.75 Å². The van der Waals surface area contributed by atoms with E-state index in [2.05, 4.69) is 10.3 Å². The number of carbonyl (C=O) groups excluding carboxylic acids is 1. The molecule has 2 aliphatic rings. The predicted molar refractivity (Wildman–Crippen MR) is 76.6 cm³/mol. The van der Waals surface area contributed by atoms with Crippen LogP contribution in [0.5, 0.6) is 5.75 Å². The third-order valence-corrected chi connectivity index (χ3v) is 3.94. The van der Waals surface area contributed by atoms with E-state index in [0.717, 1.165) is 30.2 Å². The number of ether oxygens (including phenoxy) is 1. The van der Waals surface area contributed by atoms with Gasteiger partial charge in [0.1, 0.15) is 11.4 Å². The maximum atomic E-state index is 12.1. The number of anilines is 1. The van der Waals surface area contributed by atoms with Gasteiger partial charge in [0.25, 0.3) is 0 Å². The Morgan fingerprint density at radius 2 is 2.15 bits per heavy atom. The minimum atomic E-state index is 0.155. The van der Waals surface area contributed by atoms with Crippen LogP contribution in [0.1, 0.15) is 25.7 Å². The van der Waals surface area contributed by atoms with Crippen LogP contribution in [0.3, 0.4) is 0 Å². The van der Waals surface area contributed by atoms with E-state index in [4.69, 9.17) is 4.74 Å². The minimum Gasteiger partial charge on any atom is -0.497 e. The molecule has 1 aromatic rings. The number of rotatable bonds is 3. The van der Waals surface area contributed by atoms with Crippen LogP contribution in [0.4, 0.5) is 5.69 Å². The number of hydrogen-bond donors (Lipinski definition) is 2. The Kier molecular flexibility index (Phi) is 3.58. The fourth-order valence-electron chi connectivity index (χ4n) is 2.95. The minimum absolute atomic E-state index is 0.155. The lowest BCUT2D eigenvalue weighted by Gasteiger charge is -2.18. The van der Waals surface area contributed by atoms with E-state index >= 15 is 0 Å². The van der Waals surface area contributed by atoms with E-state index in [1.54, 1.807) is 7.11 Å². The second-order valence-corrected chi connectivity index (χ2v) is 5.26. The van der Waals surface area contributed by atoms with Crippen molar-refractivity contribution in [1.82, 2.24) is 4.90 Å². The van der Waals surface area contributed by atoms with Crippen molar-refractivity contribution in [3.05, 3.63) is 24.3 Å². The average molecular weight is 274 g/mol. The fraction of sp³-hybridized carbons (Fsp3) is 0.467. The summed E-state index contributed by atoms with van der Waals surface area (Å²) in [5.41, 5.74) is 0.921.